The molecular formula is C25H30N4O4. The maximum atomic E-state index is 12.7. The largest absolute Gasteiger partial charge is 0.492 e. The summed E-state index contributed by atoms with van der Waals surface area (Å²) >= 11 is 0. The second-order valence-corrected chi connectivity index (χ2v) is 8.58. The molecular weight excluding hydrogens is 420 g/mol. The molecule has 0 radical (unpaired) electrons. The molecule has 2 aliphatic rings. The van der Waals surface area contributed by atoms with Crippen LogP contribution in [0.25, 0.3) is 0 Å². The summed E-state index contributed by atoms with van der Waals surface area (Å²) in [5.74, 6) is 0.409. The lowest BCUT2D eigenvalue weighted by molar-refractivity contribution is -0.125. The molecule has 4 amide bonds. The summed E-state index contributed by atoms with van der Waals surface area (Å²) in [5, 5.41) is 8.83. The quantitative estimate of drug-likeness (QED) is 0.561. The van der Waals surface area contributed by atoms with Crippen LogP contribution in [0.1, 0.15) is 18.4 Å². The molecule has 3 atom stereocenters. The van der Waals surface area contributed by atoms with Gasteiger partial charge in [-0.2, -0.15) is 0 Å². The Labute approximate surface area is 193 Å². The van der Waals surface area contributed by atoms with E-state index in [0.717, 1.165) is 11.3 Å². The van der Waals surface area contributed by atoms with E-state index in [-0.39, 0.29) is 42.3 Å². The van der Waals surface area contributed by atoms with Crippen molar-refractivity contribution in [1.29, 1.82) is 0 Å². The molecule has 0 spiro atoms. The van der Waals surface area contributed by atoms with Gasteiger partial charge < -0.3 is 25.6 Å². The van der Waals surface area contributed by atoms with Crippen LogP contribution in [0.2, 0.25) is 0 Å². The van der Waals surface area contributed by atoms with Crippen LogP contribution in [0.5, 0.6) is 5.75 Å². The van der Waals surface area contributed by atoms with E-state index in [1.165, 1.54) is 0 Å². The molecule has 2 aromatic carbocycles. The first kappa shape index (κ1) is 22.6. The van der Waals surface area contributed by atoms with Gasteiger partial charge in [-0.1, -0.05) is 48.5 Å². The van der Waals surface area contributed by atoms with Crippen molar-refractivity contribution in [3.8, 4) is 5.75 Å². The fraction of sp³-hybridized carbons (Fsp3) is 0.400. The molecule has 33 heavy (non-hydrogen) atoms. The van der Waals surface area contributed by atoms with E-state index in [0.29, 0.717) is 39.1 Å². The Morgan fingerprint density at radius 2 is 1.73 bits per heavy atom. The van der Waals surface area contributed by atoms with Crippen molar-refractivity contribution in [2.24, 2.45) is 11.8 Å². The van der Waals surface area contributed by atoms with Crippen molar-refractivity contribution in [1.82, 2.24) is 20.9 Å². The summed E-state index contributed by atoms with van der Waals surface area (Å²) in [6.45, 7) is 1.69. The highest BCUT2D eigenvalue weighted by atomic mass is 16.5. The molecule has 4 rings (SSSR count). The van der Waals surface area contributed by atoms with Gasteiger partial charge in [-0.3, -0.25) is 9.59 Å². The molecule has 1 aliphatic heterocycles. The van der Waals surface area contributed by atoms with E-state index in [4.69, 9.17) is 4.74 Å². The van der Waals surface area contributed by atoms with Gasteiger partial charge in [0.15, 0.2) is 0 Å². The summed E-state index contributed by atoms with van der Waals surface area (Å²) in [7, 11) is 0. The lowest BCUT2D eigenvalue weighted by atomic mass is 10.0. The van der Waals surface area contributed by atoms with Gasteiger partial charge in [-0.15, -0.1) is 0 Å². The summed E-state index contributed by atoms with van der Waals surface area (Å²) in [5.41, 5.74) is 0.997. The third-order valence-corrected chi connectivity index (χ3v) is 6.19. The molecule has 0 aromatic heterocycles. The van der Waals surface area contributed by atoms with Crippen molar-refractivity contribution in [2.75, 3.05) is 26.2 Å². The van der Waals surface area contributed by atoms with E-state index >= 15 is 0 Å². The van der Waals surface area contributed by atoms with Crippen molar-refractivity contribution >= 4 is 17.8 Å². The summed E-state index contributed by atoms with van der Waals surface area (Å²) in [6.07, 6.45) is 1.22. The van der Waals surface area contributed by atoms with E-state index < -0.39 is 0 Å². The van der Waals surface area contributed by atoms with Crippen LogP contribution < -0.4 is 20.7 Å². The predicted molar refractivity (Wildman–Crippen MR) is 123 cm³/mol. The molecule has 1 saturated heterocycles. The highest BCUT2D eigenvalue weighted by Crippen LogP contribution is 2.33. The number of ether oxygens (including phenoxy) is 1. The third kappa shape index (κ3) is 6.25. The molecule has 2 fully saturated rings. The van der Waals surface area contributed by atoms with Gasteiger partial charge in [0.25, 0.3) is 0 Å². The van der Waals surface area contributed by atoms with Crippen LogP contribution in [0, 0.1) is 11.8 Å². The van der Waals surface area contributed by atoms with Gasteiger partial charge in [0.1, 0.15) is 18.9 Å². The average molecular weight is 451 g/mol. The van der Waals surface area contributed by atoms with E-state index in [2.05, 4.69) is 16.0 Å². The minimum absolute atomic E-state index is 0.0291. The minimum Gasteiger partial charge on any atom is -0.492 e. The zero-order chi connectivity index (χ0) is 23.0. The van der Waals surface area contributed by atoms with Crippen LogP contribution >= 0.6 is 0 Å². The van der Waals surface area contributed by atoms with E-state index in [1.807, 2.05) is 60.7 Å². The van der Waals surface area contributed by atoms with Gasteiger partial charge in [-0.05, 0) is 36.5 Å². The number of amides is 4. The zero-order valence-electron chi connectivity index (χ0n) is 18.5. The lowest BCUT2D eigenvalue weighted by Gasteiger charge is -2.23. The first-order valence-corrected chi connectivity index (χ1v) is 11.4. The monoisotopic (exact) mass is 450 g/mol. The standard InChI is InChI=1S/C25H30N4O4/c30-23-17-29(25(32)27-15-18-7-3-1-4-8-18)16-20-13-19(14-22(20)28-23)24(31)26-11-12-33-21-9-5-2-6-10-21/h1-10,19-20,22H,11-17H2,(H,26,31)(H,27,32)(H,28,30)/t19-,20+,22+/m0/s1. The van der Waals surface area contributed by atoms with Gasteiger partial charge in [-0.25, -0.2) is 4.79 Å². The normalized spacial score (nSPS) is 22.0. The molecule has 174 valence electrons. The zero-order valence-corrected chi connectivity index (χ0v) is 18.5. The first-order valence-electron chi connectivity index (χ1n) is 11.4. The Balaban J connectivity index is 1.25. The Hall–Kier alpha value is -3.55. The number of nitrogens with zero attached hydrogens (tertiary/aromatic N) is 1. The van der Waals surface area contributed by atoms with Gasteiger partial charge in [0.05, 0.1) is 6.54 Å². The Bertz CT molecular complexity index is 953. The molecule has 3 N–H and O–H groups in total. The fourth-order valence-electron chi connectivity index (χ4n) is 4.54. The molecule has 1 aliphatic carbocycles. The number of benzene rings is 2. The molecule has 1 saturated carbocycles. The number of para-hydroxylation sites is 1. The molecule has 8 nitrogen and oxygen atoms in total. The predicted octanol–water partition coefficient (Wildman–Crippen LogP) is 1.92. The number of carbonyl (C=O) groups is 3. The molecule has 0 unspecified atom stereocenters. The topological polar surface area (TPSA) is 99.8 Å². The Morgan fingerprint density at radius 1 is 1.00 bits per heavy atom. The smallest absolute Gasteiger partial charge is 0.318 e. The van der Waals surface area contributed by atoms with Crippen LogP contribution in [0.3, 0.4) is 0 Å². The van der Waals surface area contributed by atoms with E-state index in [1.54, 1.807) is 4.90 Å². The SMILES string of the molecule is O=C1CN(C(=O)NCc2ccccc2)C[C@H]2C[C@H](C(=O)NCCOc3ccccc3)C[C@H]2N1. The molecule has 0 bridgehead atoms. The Morgan fingerprint density at radius 3 is 2.48 bits per heavy atom. The average Bonchev–Trinajstić information content (AvgIpc) is 3.15. The van der Waals surface area contributed by atoms with Crippen molar-refractivity contribution in [3.05, 3.63) is 66.2 Å². The Kier molecular flexibility index (Phi) is 7.44. The second kappa shape index (κ2) is 10.8. The summed E-state index contributed by atoms with van der Waals surface area (Å²) in [4.78, 5) is 39.3. The maximum Gasteiger partial charge on any atom is 0.318 e. The number of carbonyl (C=O) groups excluding carboxylic acids is 3. The summed E-state index contributed by atoms with van der Waals surface area (Å²) < 4.78 is 5.62. The van der Waals surface area contributed by atoms with Gasteiger partial charge in [0.2, 0.25) is 11.8 Å². The number of fused-ring (bicyclic) bond motifs is 1. The second-order valence-electron chi connectivity index (χ2n) is 8.58. The lowest BCUT2D eigenvalue weighted by Crippen LogP contribution is -2.44. The van der Waals surface area contributed by atoms with Crippen LogP contribution in [0.4, 0.5) is 4.79 Å². The van der Waals surface area contributed by atoms with Crippen LogP contribution in [-0.2, 0) is 16.1 Å². The third-order valence-electron chi connectivity index (χ3n) is 6.19. The van der Waals surface area contributed by atoms with Gasteiger partial charge in [0, 0.05) is 25.0 Å². The molecule has 8 heteroatoms. The number of urea groups is 1. The van der Waals surface area contributed by atoms with Crippen LogP contribution in [-0.4, -0.2) is 55.0 Å². The number of hydrogen-bond acceptors (Lipinski definition) is 4. The van der Waals surface area contributed by atoms with Crippen molar-refractivity contribution < 1.29 is 19.1 Å². The highest BCUT2D eigenvalue weighted by Gasteiger charge is 2.42. The number of hydrogen-bond donors (Lipinski definition) is 3. The van der Waals surface area contributed by atoms with Crippen molar-refractivity contribution in [3.63, 3.8) is 0 Å². The fourth-order valence-corrected chi connectivity index (χ4v) is 4.54. The molecule has 1 heterocycles. The number of rotatable bonds is 7. The van der Waals surface area contributed by atoms with Gasteiger partial charge >= 0.3 is 6.03 Å². The van der Waals surface area contributed by atoms with Crippen LogP contribution in [0.15, 0.2) is 60.7 Å². The first-order chi connectivity index (χ1) is 16.1. The van der Waals surface area contributed by atoms with Crippen molar-refractivity contribution in [2.45, 2.75) is 25.4 Å². The summed E-state index contributed by atoms with van der Waals surface area (Å²) in [6, 6.07) is 18.7. The highest BCUT2D eigenvalue weighted by molar-refractivity contribution is 5.85. The molecule has 2 aromatic rings. The number of nitrogens with one attached hydrogen (secondary N) is 3. The minimum atomic E-state index is -0.263. The van der Waals surface area contributed by atoms with E-state index in [9.17, 15) is 14.4 Å². The maximum absolute atomic E-state index is 12.7.